The van der Waals surface area contributed by atoms with Gasteiger partial charge in [0.1, 0.15) is 0 Å². The molecule has 0 aliphatic carbocycles. The highest BCUT2D eigenvalue weighted by molar-refractivity contribution is 5.91. The zero-order valence-corrected chi connectivity index (χ0v) is 13.1. The molecule has 4 nitrogen and oxygen atoms in total. The average Bonchev–Trinajstić information content (AvgIpc) is 2.37. The second-order valence-corrected chi connectivity index (χ2v) is 5.82. The van der Waals surface area contributed by atoms with Gasteiger partial charge >= 0.3 is 0 Å². The number of anilines is 2. The number of amides is 1. The van der Waals surface area contributed by atoms with E-state index >= 15 is 0 Å². The molecule has 1 amide bonds. The topological polar surface area (TPSA) is 52.6 Å². The molecule has 2 N–H and O–H groups in total. The molecule has 1 aromatic carbocycles. The summed E-state index contributed by atoms with van der Waals surface area (Å²) in [6.45, 7) is 8.03. The van der Waals surface area contributed by atoms with E-state index in [0.29, 0.717) is 6.04 Å². The third-order valence-electron chi connectivity index (χ3n) is 3.48. The summed E-state index contributed by atoms with van der Waals surface area (Å²) in [5, 5.41) is 12.6. The molecule has 1 rings (SSSR count). The number of aliphatic hydroxyl groups excluding tert-OH is 1. The molecule has 1 aromatic rings. The van der Waals surface area contributed by atoms with Crippen molar-refractivity contribution >= 4 is 17.3 Å². The van der Waals surface area contributed by atoms with Crippen molar-refractivity contribution in [2.45, 2.75) is 46.3 Å². The maximum absolute atomic E-state index is 11.9. The molecule has 0 bridgehead atoms. The van der Waals surface area contributed by atoms with Crippen LogP contribution in [0.3, 0.4) is 0 Å². The lowest BCUT2D eigenvalue weighted by atomic mass is 10.0. The van der Waals surface area contributed by atoms with Crippen LogP contribution >= 0.6 is 0 Å². The normalized spacial score (nSPS) is 12.6. The predicted octanol–water partition coefficient (Wildman–Crippen LogP) is 2.88. The van der Waals surface area contributed by atoms with E-state index in [1.807, 2.05) is 45.2 Å². The number of nitrogens with one attached hydrogen (secondary N) is 1. The van der Waals surface area contributed by atoms with Gasteiger partial charge in [-0.05, 0) is 38.0 Å². The number of hydrogen-bond donors (Lipinski definition) is 2. The van der Waals surface area contributed by atoms with Crippen LogP contribution in [0.25, 0.3) is 0 Å². The van der Waals surface area contributed by atoms with Gasteiger partial charge in [0.25, 0.3) is 0 Å². The van der Waals surface area contributed by atoms with E-state index in [4.69, 9.17) is 0 Å². The van der Waals surface area contributed by atoms with Crippen LogP contribution in [-0.2, 0) is 4.79 Å². The molecule has 0 saturated heterocycles. The number of carbonyl (C=O) groups is 1. The summed E-state index contributed by atoms with van der Waals surface area (Å²) in [6, 6.07) is 8.13. The molecule has 1 unspecified atom stereocenters. The highest BCUT2D eigenvalue weighted by Gasteiger charge is 2.14. The first kappa shape index (κ1) is 16.5. The van der Waals surface area contributed by atoms with Gasteiger partial charge in [-0.25, -0.2) is 0 Å². The van der Waals surface area contributed by atoms with Crippen molar-refractivity contribution in [2.75, 3.05) is 17.3 Å². The summed E-state index contributed by atoms with van der Waals surface area (Å²) in [5.41, 5.74) is 1.82. The molecule has 4 heteroatoms. The minimum Gasteiger partial charge on any atom is -0.392 e. The van der Waals surface area contributed by atoms with Crippen molar-refractivity contribution in [1.29, 1.82) is 0 Å². The Bertz CT molecular complexity index is 444. The van der Waals surface area contributed by atoms with E-state index in [0.717, 1.165) is 11.4 Å². The fraction of sp³-hybridized carbons (Fsp3) is 0.562. The van der Waals surface area contributed by atoms with E-state index in [2.05, 4.69) is 24.1 Å². The fourth-order valence-corrected chi connectivity index (χ4v) is 1.74. The molecular formula is C16H26N2O2. The van der Waals surface area contributed by atoms with Crippen molar-refractivity contribution in [3.05, 3.63) is 24.3 Å². The Kier molecular flexibility index (Phi) is 6.02. The predicted molar refractivity (Wildman–Crippen MR) is 84.1 cm³/mol. The molecule has 112 valence electrons. The largest absolute Gasteiger partial charge is 0.392 e. The van der Waals surface area contributed by atoms with Crippen LogP contribution in [0.15, 0.2) is 24.3 Å². The van der Waals surface area contributed by atoms with Gasteiger partial charge in [0.2, 0.25) is 5.91 Å². The summed E-state index contributed by atoms with van der Waals surface area (Å²) in [5.74, 6) is -0.0743. The zero-order valence-electron chi connectivity index (χ0n) is 13.1. The van der Waals surface area contributed by atoms with Crippen LogP contribution in [-0.4, -0.2) is 30.2 Å². The minimum absolute atomic E-state index is 0.0826. The Morgan fingerprint density at radius 1 is 1.30 bits per heavy atom. The number of carbonyl (C=O) groups excluding carboxylic acids is 1. The molecule has 0 radical (unpaired) electrons. The lowest BCUT2D eigenvalue weighted by Crippen LogP contribution is -2.26. The standard InChI is InChI=1S/C16H26N2O2/c1-11(2)15(19)10-16(20)17-13-7-6-8-14(9-13)18(5)12(3)4/h6-9,11-12,15,19H,10H2,1-5H3,(H,17,20). The quantitative estimate of drug-likeness (QED) is 0.841. The van der Waals surface area contributed by atoms with Gasteiger partial charge in [0.05, 0.1) is 12.5 Å². The Morgan fingerprint density at radius 2 is 1.95 bits per heavy atom. The number of benzene rings is 1. The van der Waals surface area contributed by atoms with Crippen LogP contribution in [0.5, 0.6) is 0 Å². The van der Waals surface area contributed by atoms with Crippen LogP contribution in [0.1, 0.15) is 34.1 Å². The van der Waals surface area contributed by atoms with Gasteiger partial charge in [-0.2, -0.15) is 0 Å². The fourth-order valence-electron chi connectivity index (χ4n) is 1.74. The van der Waals surface area contributed by atoms with Gasteiger partial charge in [0.15, 0.2) is 0 Å². The SMILES string of the molecule is CC(C)C(O)CC(=O)Nc1cccc(N(C)C(C)C)c1. The van der Waals surface area contributed by atoms with Crippen molar-refractivity contribution < 1.29 is 9.90 Å². The van der Waals surface area contributed by atoms with Gasteiger partial charge in [-0.1, -0.05) is 19.9 Å². The highest BCUT2D eigenvalue weighted by Crippen LogP contribution is 2.20. The third-order valence-corrected chi connectivity index (χ3v) is 3.48. The summed E-state index contributed by atoms with van der Waals surface area (Å²) in [6.07, 6.45) is -0.474. The van der Waals surface area contributed by atoms with Crippen LogP contribution in [0.4, 0.5) is 11.4 Å². The van der Waals surface area contributed by atoms with Crippen molar-refractivity contribution in [3.8, 4) is 0 Å². The molecule has 0 heterocycles. The first-order chi connectivity index (χ1) is 9.31. The molecule has 0 spiro atoms. The first-order valence-corrected chi connectivity index (χ1v) is 7.12. The molecule has 0 aliphatic heterocycles. The zero-order chi connectivity index (χ0) is 15.3. The lowest BCUT2D eigenvalue weighted by Gasteiger charge is -2.24. The van der Waals surface area contributed by atoms with E-state index < -0.39 is 6.10 Å². The number of hydrogen-bond acceptors (Lipinski definition) is 3. The van der Waals surface area contributed by atoms with Gasteiger partial charge in [-0.3, -0.25) is 4.79 Å². The molecule has 0 aliphatic rings. The molecular weight excluding hydrogens is 252 g/mol. The highest BCUT2D eigenvalue weighted by atomic mass is 16.3. The van der Waals surface area contributed by atoms with E-state index in [-0.39, 0.29) is 18.2 Å². The van der Waals surface area contributed by atoms with Gasteiger partial charge in [-0.15, -0.1) is 0 Å². The molecule has 0 aromatic heterocycles. The smallest absolute Gasteiger partial charge is 0.226 e. The first-order valence-electron chi connectivity index (χ1n) is 7.12. The Hall–Kier alpha value is -1.55. The maximum Gasteiger partial charge on any atom is 0.226 e. The molecule has 0 saturated carbocycles. The molecule has 1 atom stereocenters. The van der Waals surface area contributed by atoms with Crippen molar-refractivity contribution in [2.24, 2.45) is 5.92 Å². The summed E-state index contributed by atoms with van der Waals surface area (Å²) in [4.78, 5) is 14.0. The Morgan fingerprint density at radius 3 is 2.50 bits per heavy atom. The number of nitrogens with zero attached hydrogens (tertiary/aromatic N) is 1. The molecule has 0 fully saturated rings. The van der Waals surface area contributed by atoms with E-state index in [9.17, 15) is 9.90 Å². The van der Waals surface area contributed by atoms with E-state index in [1.165, 1.54) is 0 Å². The number of aliphatic hydroxyl groups is 1. The van der Waals surface area contributed by atoms with Crippen LogP contribution in [0.2, 0.25) is 0 Å². The second kappa shape index (κ2) is 7.29. The second-order valence-electron chi connectivity index (χ2n) is 5.82. The minimum atomic E-state index is -0.600. The molecule has 20 heavy (non-hydrogen) atoms. The lowest BCUT2D eigenvalue weighted by molar-refractivity contribution is -0.118. The maximum atomic E-state index is 11.9. The summed E-state index contributed by atoms with van der Waals surface area (Å²) in [7, 11) is 2.02. The average molecular weight is 278 g/mol. The van der Waals surface area contributed by atoms with Crippen LogP contribution in [0, 0.1) is 5.92 Å². The van der Waals surface area contributed by atoms with Crippen molar-refractivity contribution in [1.82, 2.24) is 0 Å². The monoisotopic (exact) mass is 278 g/mol. The summed E-state index contributed by atoms with van der Waals surface area (Å²) >= 11 is 0. The van der Waals surface area contributed by atoms with E-state index in [1.54, 1.807) is 0 Å². The van der Waals surface area contributed by atoms with Gasteiger partial charge < -0.3 is 15.3 Å². The van der Waals surface area contributed by atoms with Crippen molar-refractivity contribution in [3.63, 3.8) is 0 Å². The number of rotatable bonds is 6. The summed E-state index contributed by atoms with van der Waals surface area (Å²) < 4.78 is 0. The third kappa shape index (κ3) is 4.85. The Balaban J connectivity index is 2.69. The Labute approximate surface area is 121 Å². The van der Waals surface area contributed by atoms with Crippen LogP contribution < -0.4 is 10.2 Å². The van der Waals surface area contributed by atoms with Gasteiger partial charge in [0, 0.05) is 24.5 Å².